The Labute approximate surface area is 138 Å². The van der Waals surface area contributed by atoms with Gasteiger partial charge in [0, 0.05) is 0 Å². The van der Waals surface area contributed by atoms with Crippen LogP contribution >= 0.6 is 0 Å². The van der Waals surface area contributed by atoms with E-state index in [0.29, 0.717) is 9.80 Å². The predicted octanol–water partition coefficient (Wildman–Crippen LogP) is 5.81. The van der Waals surface area contributed by atoms with Gasteiger partial charge in [0.05, 0.1) is 0 Å². The van der Waals surface area contributed by atoms with Crippen molar-refractivity contribution in [3.63, 3.8) is 0 Å². The van der Waals surface area contributed by atoms with Crippen molar-refractivity contribution in [2.24, 2.45) is 0 Å². The molecule has 3 heteroatoms. The van der Waals surface area contributed by atoms with Crippen molar-refractivity contribution < 1.29 is 25.1 Å². The second-order valence-corrected chi connectivity index (χ2v) is 14.1. The van der Waals surface area contributed by atoms with E-state index in [-0.39, 0.29) is 5.97 Å². The molecule has 1 unspecified atom stereocenters. The molecule has 0 aromatic carbocycles. The number of fused-ring (bicyclic) bond motifs is 1. The molecule has 0 bridgehead atoms. The Hall–Kier alpha value is -0.596. The quantitative estimate of drug-likeness (QED) is 0.480. The van der Waals surface area contributed by atoms with Crippen LogP contribution in [0.2, 0.25) is 14.7 Å². The molecule has 0 aliphatic heterocycles. The monoisotopic (exact) mass is 336 g/mol. The second kappa shape index (κ2) is 6.13. The Morgan fingerprint density at radius 2 is 1.82 bits per heavy atom. The normalized spacial score (nSPS) is 25.0. The molecule has 3 aliphatic rings. The van der Waals surface area contributed by atoms with Crippen molar-refractivity contribution in [3.05, 3.63) is 34.4 Å². The fraction of sp³-hybridized carbons (Fsp3) is 0.632. The van der Waals surface area contributed by atoms with E-state index in [0.717, 1.165) is 0 Å². The Kier molecular flexibility index (Phi) is 4.53. The molecule has 0 N–H and O–H groups in total. The van der Waals surface area contributed by atoms with E-state index in [4.69, 9.17) is 3.32 Å². The predicted molar refractivity (Wildman–Crippen MR) is 87.4 cm³/mol. The molecule has 0 aromatic rings. The van der Waals surface area contributed by atoms with E-state index >= 15 is 0 Å². The number of hydrogen-bond donors (Lipinski definition) is 0. The third kappa shape index (κ3) is 2.92. The molecule has 2 nitrogen and oxygen atoms in total. The summed E-state index contributed by atoms with van der Waals surface area (Å²) in [6.07, 6.45) is 10.2. The van der Waals surface area contributed by atoms with Crippen molar-refractivity contribution in [1.82, 2.24) is 0 Å². The summed E-state index contributed by atoms with van der Waals surface area (Å²) in [5.74, 6) is -0.173. The van der Waals surface area contributed by atoms with Gasteiger partial charge in [0.25, 0.3) is 0 Å². The third-order valence-corrected chi connectivity index (χ3v) is 10.3. The summed E-state index contributed by atoms with van der Waals surface area (Å²) < 4.78 is 6.55. The maximum atomic E-state index is 12.0. The second-order valence-electron chi connectivity index (χ2n) is 7.69. The molecule has 0 spiro atoms. The van der Waals surface area contributed by atoms with E-state index < -0.39 is 17.0 Å². The summed E-state index contributed by atoms with van der Waals surface area (Å²) in [5, 5.41) is 4.53. The Morgan fingerprint density at radius 3 is 2.55 bits per heavy atom. The first kappa shape index (κ1) is 16.3. The minimum atomic E-state index is -2.65. The van der Waals surface area contributed by atoms with Gasteiger partial charge in [-0.1, -0.05) is 0 Å². The molecule has 0 fully saturated rings. The van der Waals surface area contributed by atoms with Gasteiger partial charge in [0.15, 0.2) is 0 Å². The Bertz CT molecular complexity index is 580. The van der Waals surface area contributed by atoms with Crippen LogP contribution in [0, 0.1) is 0 Å². The molecule has 120 valence electrons. The van der Waals surface area contributed by atoms with Crippen molar-refractivity contribution in [1.29, 1.82) is 0 Å². The number of carbonyl (C=O) groups is 1. The van der Waals surface area contributed by atoms with Crippen LogP contribution in [-0.2, 0) is 25.1 Å². The minimum absolute atomic E-state index is 0.173. The van der Waals surface area contributed by atoms with Gasteiger partial charge in [-0.15, -0.1) is 0 Å². The zero-order valence-electron chi connectivity index (χ0n) is 14.3. The van der Waals surface area contributed by atoms with Crippen LogP contribution in [0.4, 0.5) is 0 Å². The molecule has 0 radical (unpaired) electrons. The molecule has 1 atom stereocenters. The summed E-state index contributed by atoms with van der Waals surface area (Å²) in [6.45, 7) is 5.50. The van der Waals surface area contributed by atoms with Crippen LogP contribution in [0.5, 0.6) is 0 Å². The molecule has 0 heterocycles. The summed E-state index contributed by atoms with van der Waals surface area (Å²) >= 11 is -2.65. The molecule has 3 rings (SSSR count). The van der Waals surface area contributed by atoms with Crippen LogP contribution in [0.15, 0.2) is 34.4 Å². The average molecular weight is 336 g/mol. The van der Waals surface area contributed by atoms with E-state index in [1.165, 1.54) is 51.4 Å². The standard InChI is InChI=1S/C13H17.C4H6O2.2CH3.Ti/c1-3-7-12-10(5-1)9-11-6-2-4-8-13(11)12;1-3(2)4(5)6;;;/h5H,1-4,6-9H2;1H2,2H3,(H,5,6);2*1H3;/q;;;;+1/p-1. The number of rotatable bonds is 3. The number of allylic oxidation sites excluding steroid dienone is 4. The number of carbonyl (C=O) groups excluding carboxylic acids is 1. The van der Waals surface area contributed by atoms with Gasteiger partial charge in [0.1, 0.15) is 0 Å². The van der Waals surface area contributed by atoms with Gasteiger partial charge in [0.2, 0.25) is 0 Å². The first-order chi connectivity index (χ1) is 10.4. The topological polar surface area (TPSA) is 26.3 Å². The summed E-state index contributed by atoms with van der Waals surface area (Å²) in [7, 11) is 0. The van der Waals surface area contributed by atoms with Crippen molar-refractivity contribution >= 4 is 5.97 Å². The van der Waals surface area contributed by atoms with E-state index in [1.807, 2.05) is 0 Å². The Balaban J connectivity index is 1.85. The van der Waals surface area contributed by atoms with Crippen LogP contribution in [0.1, 0.15) is 58.3 Å². The molecule has 3 aliphatic carbocycles. The van der Waals surface area contributed by atoms with Gasteiger partial charge < -0.3 is 0 Å². The first-order valence-electron chi connectivity index (χ1n) is 8.72. The van der Waals surface area contributed by atoms with E-state index in [1.54, 1.807) is 29.2 Å². The SMILES string of the molecule is C=C(C)C(=O)[O][Ti]([CH3])([CH3])[CH]1CCCC2=C1CC1=C2CCCC1. The summed E-state index contributed by atoms with van der Waals surface area (Å²) in [5.41, 5.74) is 7.30. The molecule has 0 aromatic heterocycles. The maximum absolute atomic E-state index is 12.0. The van der Waals surface area contributed by atoms with Crippen LogP contribution < -0.4 is 0 Å². The number of hydrogen-bond acceptors (Lipinski definition) is 2. The van der Waals surface area contributed by atoms with Crippen molar-refractivity contribution in [2.45, 2.75) is 73.0 Å². The van der Waals surface area contributed by atoms with E-state index in [2.05, 4.69) is 17.0 Å². The zero-order valence-corrected chi connectivity index (χ0v) is 15.8. The molecule has 0 saturated heterocycles. The molecule has 22 heavy (non-hydrogen) atoms. The van der Waals surface area contributed by atoms with Gasteiger partial charge in [-0.2, -0.15) is 0 Å². The summed E-state index contributed by atoms with van der Waals surface area (Å²) in [6, 6.07) is 0. The van der Waals surface area contributed by atoms with Crippen LogP contribution in [0.25, 0.3) is 0 Å². The van der Waals surface area contributed by atoms with E-state index in [9.17, 15) is 4.79 Å². The molecule has 0 saturated carbocycles. The fourth-order valence-corrected chi connectivity index (χ4v) is 8.91. The van der Waals surface area contributed by atoms with Crippen molar-refractivity contribution in [3.8, 4) is 0 Å². The fourth-order valence-electron chi connectivity index (χ4n) is 4.52. The molecule has 0 amide bonds. The first-order valence-corrected chi connectivity index (χ1v) is 13.4. The van der Waals surface area contributed by atoms with Crippen LogP contribution in [-0.4, -0.2) is 5.97 Å². The molecular formula is C19H28O2Ti. The van der Waals surface area contributed by atoms with Gasteiger partial charge in [-0.3, -0.25) is 0 Å². The van der Waals surface area contributed by atoms with Gasteiger partial charge in [-0.25, -0.2) is 0 Å². The van der Waals surface area contributed by atoms with Gasteiger partial charge >= 0.3 is 138 Å². The Morgan fingerprint density at radius 1 is 1.14 bits per heavy atom. The third-order valence-electron chi connectivity index (χ3n) is 5.62. The summed E-state index contributed by atoms with van der Waals surface area (Å²) in [4.78, 5) is 12.0. The van der Waals surface area contributed by atoms with Crippen LogP contribution in [0.3, 0.4) is 0 Å². The van der Waals surface area contributed by atoms with Gasteiger partial charge in [-0.05, 0) is 0 Å². The molecular weight excluding hydrogens is 308 g/mol. The average Bonchev–Trinajstić information content (AvgIpc) is 2.85. The zero-order chi connectivity index (χ0) is 15.9. The van der Waals surface area contributed by atoms with Crippen molar-refractivity contribution in [2.75, 3.05) is 0 Å².